The van der Waals surface area contributed by atoms with Crippen LogP contribution in [0.25, 0.3) is 0 Å². The summed E-state index contributed by atoms with van der Waals surface area (Å²) in [7, 11) is 0. The van der Waals surface area contributed by atoms with Crippen molar-refractivity contribution in [1.29, 1.82) is 0 Å². The van der Waals surface area contributed by atoms with E-state index in [0.29, 0.717) is 6.54 Å². The fourth-order valence-electron chi connectivity index (χ4n) is 3.03. The maximum absolute atomic E-state index is 13.0. The van der Waals surface area contributed by atoms with Crippen LogP contribution in [0.5, 0.6) is 0 Å². The van der Waals surface area contributed by atoms with Crippen molar-refractivity contribution in [2.45, 2.75) is 38.6 Å². The Balaban J connectivity index is 2.10. The fraction of sp³-hybridized carbons (Fsp3) is 0.625. The third kappa shape index (κ3) is 3.54. The maximum Gasteiger partial charge on any atom is 0.123 e. The largest absolute Gasteiger partial charge is 0.329 e. The molecule has 1 heterocycles. The second-order valence-corrected chi connectivity index (χ2v) is 6.20. The molecular formula is C16H25FN2. The van der Waals surface area contributed by atoms with E-state index in [4.69, 9.17) is 5.73 Å². The second kappa shape index (κ2) is 6.02. The van der Waals surface area contributed by atoms with Crippen molar-refractivity contribution >= 4 is 0 Å². The molecule has 1 aromatic rings. The highest BCUT2D eigenvalue weighted by Gasteiger charge is 2.33. The average Bonchev–Trinajstić information content (AvgIpc) is 2.41. The van der Waals surface area contributed by atoms with Gasteiger partial charge in [-0.15, -0.1) is 0 Å². The van der Waals surface area contributed by atoms with Gasteiger partial charge in [-0.05, 0) is 56.3 Å². The molecule has 0 aliphatic carbocycles. The van der Waals surface area contributed by atoms with E-state index in [0.717, 1.165) is 31.0 Å². The van der Waals surface area contributed by atoms with Crippen molar-refractivity contribution in [3.05, 3.63) is 35.6 Å². The van der Waals surface area contributed by atoms with Crippen LogP contribution >= 0.6 is 0 Å². The molecule has 1 aromatic carbocycles. The van der Waals surface area contributed by atoms with Gasteiger partial charge >= 0.3 is 0 Å². The van der Waals surface area contributed by atoms with Crippen LogP contribution in [0.4, 0.5) is 4.39 Å². The van der Waals surface area contributed by atoms with Crippen molar-refractivity contribution in [2.75, 3.05) is 19.6 Å². The SMILES string of the molecule is CC1CCCN(C(C)(CN)Cc2ccc(F)cc2)C1. The number of rotatable bonds is 4. The van der Waals surface area contributed by atoms with E-state index in [2.05, 4.69) is 18.7 Å². The molecule has 2 nitrogen and oxygen atoms in total. The topological polar surface area (TPSA) is 29.3 Å². The van der Waals surface area contributed by atoms with Crippen molar-refractivity contribution in [3.8, 4) is 0 Å². The summed E-state index contributed by atoms with van der Waals surface area (Å²) in [6, 6.07) is 6.81. The summed E-state index contributed by atoms with van der Waals surface area (Å²) in [5.41, 5.74) is 7.18. The first kappa shape index (κ1) is 14.5. The van der Waals surface area contributed by atoms with Crippen molar-refractivity contribution < 1.29 is 4.39 Å². The summed E-state index contributed by atoms with van der Waals surface area (Å²) in [6.07, 6.45) is 3.45. The first-order valence-electron chi connectivity index (χ1n) is 7.23. The molecule has 0 radical (unpaired) electrons. The number of piperidine rings is 1. The van der Waals surface area contributed by atoms with Gasteiger partial charge in [0, 0.05) is 18.6 Å². The van der Waals surface area contributed by atoms with Crippen LogP contribution < -0.4 is 5.73 Å². The Morgan fingerprint density at radius 1 is 1.37 bits per heavy atom. The molecule has 2 unspecified atom stereocenters. The minimum Gasteiger partial charge on any atom is -0.329 e. The average molecular weight is 264 g/mol. The number of likely N-dealkylation sites (tertiary alicyclic amines) is 1. The molecule has 0 aromatic heterocycles. The van der Waals surface area contributed by atoms with Crippen LogP contribution in [0.1, 0.15) is 32.3 Å². The van der Waals surface area contributed by atoms with Gasteiger partial charge < -0.3 is 5.73 Å². The van der Waals surface area contributed by atoms with Crippen molar-refractivity contribution in [2.24, 2.45) is 11.7 Å². The molecule has 0 bridgehead atoms. The molecule has 1 aliphatic heterocycles. The zero-order valence-electron chi connectivity index (χ0n) is 12.0. The summed E-state index contributed by atoms with van der Waals surface area (Å²) < 4.78 is 13.0. The lowest BCUT2D eigenvalue weighted by Crippen LogP contribution is -2.56. The quantitative estimate of drug-likeness (QED) is 0.906. The van der Waals surface area contributed by atoms with Gasteiger partial charge in [0.1, 0.15) is 5.82 Å². The Hall–Kier alpha value is -0.930. The normalized spacial score (nSPS) is 24.1. The molecule has 0 spiro atoms. The lowest BCUT2D eigenvalue weighted by atomic mass is 9.87. The van der Waals surface area contributed by atoms with Crippen LogP contribution in [0, 0.1) is 11.7 Å². The highest BCUT2D eigenvalue weighted by molar-refractivity contribution is 5.19. The van der Waals surface area contributed by atoms with Crippen LogP contribution in [-0.4, -0.2) is 30.1 Å². The van der Waals surface area contributed by atoms with Gasteiger partial charge in [-0.1, -0.05) is 19.1 Å². The molecule has 1 aliphatic rings. The summed E-state index contributed by atoms with van der Waals surface area (Å²) in [5, 5.41) is 0. The lowest BCUT2D eigenvalue weighted by molar-refractivity contribution is 0.0641. The van der Waals surface area contributed by atoms with Gasteiger partial charge in [0.15, 0.2) is 0 Å². The predicted octanol–water partition coefficient (Wildman–Crippen LogP) is 2.82. The Morgan fingerprint density at radius 3 is 2.63 bits per heavy atom. The summed E-state index contributed by atoms with van der Waals surface area (Å²) in [5.74, 6) is 0.567. The Bertz CT molecular complexity index is 404. The minimum atomic E-state index is -0.176. The number of hydrogen-bond donors (Lipinski definition) is 1. The molecule has 2 atom stereocenters. The summed E-state index contributed by atoms with van der Waals surface area (Å²) in [4.78, 5) is 2.52. The fourth-order valence-corrected chi connectivity index (χ4v) is 3.03. The van der Waals surface area contributed by atoms with E-state index < -0.39 is 0 Å². The monoisotopic (exact) mass is 264 g/mol. The summed E-state index contributed by atoms with van der Waals surface area (Å²) >= 11 is 0. The molecule has 1 saturated heterocycles. The van der Waals surface area contributed by atoms with Crippen LogP contribution in [-0.2, 0) is 6.42 Å². The molecule has 3 heteroatoms. The molecule has 19 heavy (non-hydrogen) atoms. The minimum absolute atomic E-state index is 0.0213. The van der Waals surface area contributed by atoms with Gasteiger partial charge in [0.2, 0.25) is 0 Å². The van der Waals surface area contributed by atoms with Crippen molar-refractivity contribution in [1.82, 2.24) is 4.90 Å². The van der Waals surface area contributed by atoms with Gasteiger partial charge in [-0.3, -0.25) is 4.90 Å². The van der Waals surface area contributed by atoms with Gasteiger partial charge in [0.25, 0.3) is 0 Å². The highest BCUT2D eigenvalue weighted by Crippen LogP contribution is 2.26. The Morgan fingerprint density at radius 2 is 2.05 bits per heavy atom. The third-order valence-corrected chi connectivity index (χ3v) is 4.36. The standard InChI is InChI=1S/C16H25FN2/c1-13-4-3-9-19(11-13)16(2,12-18)10-14-5-7-15(17)8-6-14/h5-8,13H,3-4,9-12,18H2,1-2H3. The highest BCUT2D eigenvalue weighted by atomic mass is 19.1. The number of halogens is 1. The lowest BCUT2D eigenvalue weighted by Gasteiger charge is -2.45. The zero-order chi connectivity index (χ0) is 13.9. The van der Waals surface area contributed by atoms with Crippen LogP contribution in [0.2, 0.25) is 0 Å². The number of nitrogens with two attached hydrogens (primary N) is 1. The first-order chi connectivity index (χ1) is 9.03. The van der Waals surface area contributed by atoms with E-state index in [9.17, 15) is 4.39 Å². The summed E-state index contributed by atoms with van der Waals surface area (Å²) in [6.45, 7) is 7.42. The number of hydrogen-bond acceptors (Lipinski definition) is 2. The Kier molecular flexibility index (Phi) is 4.58. The maximum atomic E-state index is 13.0. The number of benzene rings is 1. The van der Waals surface area contributed by atoms with Crippen LogP contribution in [0.15, 0.2) is 24.3 Å². The second-order valence-electron chi connectivity index (χ2n) is 6.20. The van der Waals surface area contributed by atoms with Crippen molar-refractivity contribution in [3.63, 3.8) is 0 Å². The van der Waals surface area contributed by atoms with Gasteiger partial charge in [-0.2, -0.15) is 0 Å². The van der Waals surface area contributed by atoms with E-state index in [-0.39, 0.29) is 11.4 Å². The Labute approximate surface area is 115 Å². The predicted molar refractivity (Wildman–Crippen MR) is 77.5 cm³/mol. The zero-order valence-corrected chi connectivity index (χ0v) is 12.0. The molecule has 1 fully saturated rings. The molecule has 2 rings (SSSR count). The van der Waals surface area contributed by atoms with E-state index in [1.165, 1.54) is 25.0 Å². The molecule has 2 N–H and O–H groups in total. The molecule has 0 amide bonds. The van der Waals surface area contributed by atoms with E-state index in [1.807, 2.05) is 12.1 Å². The first-order valence-corrected chi connectivity index (χ1v) is 7.23. The van der Waals surface area contributed by atoms with E-state index >= 15 is 0 Å². The van der Waals surface area contributed by atoms with Gasteiger partial charge in [-0.25, -0.2) is 4.39 Å². The van der Waals surface area contributed by atoms with Gasteiger partial charge in [0.05, 0.1) is 0 Å². The van der Waals surface area contributed by atoms with E-state index in [1.54, 1.807) is 0 Å². The molecule has 106 valence electrons. The smallest absolute Gasteiger partial charge is 0.123 e. The molecular weight excluding hydrogens is 239 g/mol. The number of nitrogens with zero attached hydrogens (tertiary/aromatic N) is 1. The van der Waals surface area contributed by atoms with Crippen LogP contribution in [0.3, 0.4) is 0 Å². The molecule has 0 saturated carbocycles. The third-order valence-electron chi connectivity index (χ3n) is 4.36.